The standard InChI is InChI=1S/C28H40Cl2N2OS/c1-4-12-33-28(2,3)15-21-7-10-31(11-8-21)17-24-18-32(19-26(24)23-9-13-34-20-23)16-22-5-6-25(29)14-27(22)30/h5-6,9,13-14,20-21,24,26H,4,7-8,10-12,15-19H2,1-3H3. The third-order valence-corrected chi connectivity index (χ3v) is 8.86. The third-order valence-electron chi connectivity index (χ3n) is 7.57. The lowest BCUT2D eigenvalue weighted by Gasteiger charge is -2.37. The second kappa shape index (κ2) is 12.1. The fourth-order valence-electron chi connectivity index (χ4n) is 5.87. The van der Waals surface area contributed by atoms with Gasteiger partial charge in [-0.05, 0) is 105 Å². The molecule has 1 aromatic heterocycles. The van der Waals surface area contributed by atoms with Crippen LogP contribution in [0.5, 0.6) is 0 Å². The third kappa shape index (κ3) is 7.21. The molecule has 34 heavy (non-hydrogen) atoms. The predicted octanol–water partition coefficient (Wildman–Crippen LogP) is 7.58. The van der Waals surface area contributed by atoms with Gasteiger partial charge in [0.05, 0.1) is 5.60 Å². The van der Waals surface area contributed by atoms with E-state index < -0.39 is 0 Å². The van der Waals surface area contributed by atoms with Gasteiger partial charge in [0, 0.05) is 48.7 Å². The molecule has 2 fully saturated rings. The summed E-state index contributed by atoms with van der Waals surface area (Å²) < 4.78 is 6.11. The molecule has 3 heterocycles. The predicted molar refractivity (Wildman–Crippen MR) is 146 cm³/mol. The average molecular weight is 524 g/mol. The van der Waals surface area contributed by atoms with Crippen molar-refractivity contribution in [3.8, 4) is 0 Å². The zero-order chi connectivity index (χ0) is 24.1. The number of piperidine rings is 1. The van der Waals surface area contributed by atoms with Crippen LogP contribution in [0.3, 0.4) is 0 Å². The molecule has 0 spiro atoms. The number of halogens is 2. The van der Waals surface area contributed by atoms with Crippen LogP contribution in [0.2, 0.25) is 10.0 Å². The molecule has 6 heteroatoms. The summed E-state index contributed by atoms with van der Waals surface area (Å²) in [7, 11) is 0. The Hall–Kier alpha value is -0.620. The number of hydrogen-bond donors (Lipinski definition) is 0. The van der Waals surface area contributed by atoms with Crippen molar-refractivity contribution in [3.63, 3.8) is 0 Å². The lowest BCUT2D eigenvalue weighted by molar-refractivity contribution is -0.0397. The van der Waals surface area contributed by atoms with Crippen molar-refractivity contribution in [2.45, 2.75) is 64.5 Å². The molecular formula is C28H40Cl2N2OS. The summed E-state index contributed by atoms with van der Waals surface area (Å²) in [5.41, 5.74) is 2.68. The fraction of sp³-hybridized carbons (Fsp3) is 0.643. The van der Waals surface area contributed by atoms with Gasteiger partial charge in [-0.25, -0.2) is 0 Å². The van der Waals surface area contributed by atoms with Gasteiger partial charge in [0.2, 0.25) is 0 Å². The molecule has 0 radical (unpaired) electrons. The molecule has 0 aliphatic carbocycles. The Morgan fingerprint density at radius 2 is 1.88 bits per heavy atom. The lowest BCUT2D eigenvalue weighted by Crippen LogP contribution is -2.40. The molecular weight excluding hydrogens is 483 g/mol. The minimum Gasteiger partial charge on any atom is -0.376 e. The highest BCUT2D eigenvalue weighted by molar-refractivity contribution is 7.08. The van der Waals surface area contributed by atoms with Gasteiger partial charge in [-0.3, -0.25) is 4.90 Å². The van der Waals surface area contributed by atoms with Crippen molar-refractivity contribution in [1.82, 2.24) is 9.80 Å². The Balaban J connectivity index is 1.34. The monoisotopic (exact) mass is 522 g/mol. The van der Waals surface area contributed by atoms with Crippen LogP contribution in [0.4, 0.5) is 0 Å². The quantitative estimate of drug-likeness (QED) is 0.319. The lowest BCUT2D eigenvalue weighted by atomic mass is 9.85. The van der Waals surface area contributed by atoms with E-state index in [9.17, 15) is 0 Å². The smallest absolute Gasteiger partial charge is 0.0629 e. The summed E-state index contributed by atoms with van der Waals surface area (Å²) in [6.07, 6.45) is 4.85. The molecule has 2 atom stereocenters. The first-order valence-corrected chi connectivity index (χ1v) is 14.6. The summed E-state index contributed by atoms with van der Waals surface area (Å²) in [6, 6.07) is 8.21. The zero-order valence-electron chi connectivity index (χ0n) is 20.9. The maximum Gasteiger partial charge on any atom is 0.0629 e. The van der Waals surface area contributed by atoms with Gasteiger partial charge < -0.3 is 9.64 Å². The number of hydrogen-bond acceptors (Lipinski definition) is 4. The molecule has 4 rings (SSSR count). The molecule has 2 saturated heterocycles. The van der Waals surface area contributed by atoms with Crippen LogP contribution < -0.4 is 0 Å². The normalized spacial score (nSPS) is 23.1. The highest BCUT2D eigenvalue weighted by atomic mass is 35.5. The average Bonchev–Trinajstić information content (AvgIpc) is 3.45. The van der Waals surface area contributed by atoms with Crippen LogP contribution in [0.15, 0.2) is 35.0 Å². The second-order valence-electron chi connectivity index (χ2n) is 10.9. The van der Waals surface area contributed by atoms with Crippen LogP contribution in [0.1, 0.15) is 63.5 Å². The van der Waals surface area contributed by atoms with Crippen LogP contribution in [0.25, 0.3) is 0 Å². The van der Waals surface area contributed by atoms with Crippen molar-refractivity contribution in [1.29, 1.82) is 0 Å². The summed E-state index contributed by atoms with van der Waals surface area (Å²) in [6.45, 7) is 14.3. The zero-order valence-corrected chi connectivity index (χ0v) is 23.3. The van der Waals surface area contributed by atoms with Gasteiger partial charge in [0.1, 0.15) is 0 Å². The number of benzene rings is 1. The van der Waals surface area contributed by atoms with Crippen molar-refractivity contribution in [3.05, 3.63) is 56.2 Å². The Bertz CT molecular complexity index is 896. The number of likely N-dealkylation sites (tertiary alicyclic amines) is 2. The highest BCUT2D eigenvalue weighted by Gasteiger charge is 2.36. The summed E-state index contributed by atoms with van der Waals surface area (Å²) in [5.74, 6) is 2.03. The first kappa shape index (κ1) is 26.4. The van der Waals surface area contributed by atoms with Crippen molar-refractivity contribution in [2.24, 2.45) is 11.8 Å². The summed E-state index contributed by atoms with van der Waals surface area (Å²) >= 11 is 14.4. The van der Waals surface area contributed by atoms with Crippen LogP contribution in [-0.4, -0.2) is 54.7 Å². The van der Waals surface area contributed by atoms with Crippen molar-refractivity contribution in [2.75, 3.05) is 39.3 Å². The van der Waals surface area contributed by atoms with E-state index in [0.717, 1.165) is 43.6 Å². The SMILES string of the molecule is CCCOC(C)(C)CC1CCN(CC2CN(Cc3ccc(Cl)cc3Cl)CC2c2ccsc2)CC1. The minimum atomic E-state index is 0.00177. The van der Waals surface area contributed by atoms with Crippen LogP contribution >= 0.6 is 34.5 Å². The fourth-order valence-corrected chi connectivity index (χ4v) is 7.06. The molecule has 2 aliphatic heterocycles. The molecule has 0 saturated carbocycles. The number of thiophene rings is 1. The number of rotatable bonds is 10. The number of nitrogens with zero attached hydrogens (tertiary/aromatic N) is 2. The van der Waals surface area contributed by atoms with Gasteiger partial charge in [0.15, 0.2) is 0 Å². The Morgan fingerprint density at radius 1 is 1.09 bits per heavy atom. The maximum atomic E-state index is 6.50. The number of ether oxygens (including phenoxy) is 1. The molecule has 2 aliphatic rings. The van der Waals surface area contributed by atoms with Gasteiger partial charge >= 0.3 is 0 Å². The molecule has 3 nitrogen and oxygen atoms in total. The van der Waals surface area contributed by atoms with E-state index >= 15 is 0 Å². The molecule has 2 aromatic rings. The van der Waals surface area contributed by atoms with Gasteiger partial charge in [-0.2, -0.15) is 11.3 Å². The second-order valence-corrected chi connectivity index (χ2v) is 12.5. The Morgan fingerprint density at radius 3 is 2.56 bits per heavy atom. The van der Waals surface area contributed by atoms with E-state index in [0.29, 0.717) is 16.9 Å². The summed E-state index contributed by atoms with van der Waals surface area (Å²) in [5, 5.41) is 6.05. The van der Waals surface area contributed by atoms with Crippen molar-refractivity contribution < 1.29 is 4.74 Å². The topological polar surface area (TPSA) is 15.7 Å². The van der Waals surface area contributed by atoms with E-state index in [1.807, 2.05) is 23.5 Å². The molecule has 0 N–H and O–H groups in total. The molecule has 0 amide bonds. The minimum absolute atomic E-state index is 0.00177. The van der Waals surface area contributed by atoms with E-state index in [1.165, 1.54) is 50.0 Å². The van der Waals surface area contributed by atoms with E-state index in [4.69, 9.17) is 27.9 Å². The van der Waals surface area contributed by atoms with Gasteiger partial charge in [0.25, 0.3) is 0 Å². The Kier molecular flexibility index (Phi) is 9.39. The molecule has 2 unspecified atom stereocenters. The van der Waals surface area contributed by atoms with Crippen LogP contribution in [-0.2, 0) is 11.3 Å². The molecule has 188 valence electrons. The van der Waals surface area contributed by atoms with E-state index in [-0.39, 0.29) is 5.60 Å². The van der Waals surface area contributed by atoms with Gasteiger partial charge in [-0.1, -0.05) is 36.2 Å². The largest absolute Gasteiger partial charge is 0.376 e. The van der Waals surface area contributed by atoms with Crippen LogP contribution in [0, 0.1) is 11.8 Å². The first-order valence-electron chi connectivity index (χ1n) is 12.9. The molecule has 0 bridgehead atoms. The Labute approximate surface area is 220 Å². The highest BCUT2D eigenvalue weighted by Crippen LogP contribution is 2.37. The first-order chi connectivity index (χ1) is 16.3. The summed E-state index contributed by atoms with van der Waals surface area (Å²) in [4.78, 5) is 5.31. The van der Waals surface area contributed by atoms with Gasteiger partial charge in [-0.15, -0.1) is 0 Å². The maximum absolute atomic E-state index is 6.50. The molecule has 1 aromatic carbocycles. The van der Waals surface area contributed by atoms with E-state index in [2.05, 4.69) is 53.5 Å². The van der Waals surface area contributed by atoms with E-state index in [1.54, 1.807) is 0 Å². The van der Waals surface area contributed by atoms with Crippen molar-refractivity contribution >= 4 is 34.5 Å².